The van der Waals surface area contributed by atoms with Crippen molar-refractivity contribution in [2.45, 2.75) is 6.61 Å². The van der Waals surface area contributed by atoms with Gasteiger partial charge >= 0.3 is 0 Å². The second-order valence-corrected chi connectivity index (χ2v) is 8.95. The van der Waals surface area contributed by atoms with Gasteiger partial charge in [-0.1, -0.05) is 12.1 Å². The van der Waals surface area contributed by atoms with Gasteiger partial charge in [0.25, 0.3) is 11.6 Å². The maximum atomic E-state index is 12.4. The second-order valence-electron chi connectivity index (χ2n) is 6.26. The lowest BCUT2D eigenvalue weighted by Crippen LogP contribution is -2.26. The summed E-state index contributed by atoms with van der Waals surface area (Å²) in [6, 6.07) is 10.2. The molecule has 1 fully saturated rings. The number of halogens is 2. The minimum atomic E-state index is -0.427. The summed E-state index contributed by atoms with van der Waals surface area (Å²) in [6.45, 7) is 0.217. The molecule has 1 saturated heterocycles. The number of rotatable bonds is 5. The summed E-state index contributed by atoms with van der Waals surface area (Å²) in [7, 11) is 3.42. The van der Waals surface area contributed by atoms with Gasteiger partial charge in [0, 0.05) is 26.2 Å². The topological polar surface area (TPSA) is 75.9 Å². The average Bonchev–Trinajstić information content (AvgIpc) is 2.85. The van der Waals surface area contributed by atoms with Gasteiger partial charge in [-0.05, 0) is 86.7 Å². The first-order valence-corrected chi connectivity index (χ1v) is 10.9. The minimum Gasteiger partial charge on any atom is -0.487 e. The van der Waals surface area contributed by atoms with Crippen LogP contribution >= 0.6 is 57.4 Å². The van der Waals surface area contributed by atoms with Gasteiger partial charge in [0.15, 0.2) is 5.11 Å². The van der Waals surface area contributed by atoms with Gasteiger partial charge in [-0.25, -0.2) is 0 Å². The molecule has 150 valence electrons. The number of nitro benzene ring substituents is 1. The van der Waals surface area contributed by atoms with Crippen LogP contribution in [0.5, 0.6) is 5.75 Å². The van der Waals surface area contributed by atoms with Crippen molar-refractivity contribution in [1.29, 1.82) is 0 Å². The van der Waals surface area contributed by atoms with Crippen molar-refractivity contribution in [2.24, 2.45) is 0 Å². The molecule has 0 atom stereocenters. The normalized spacial score (nSPS) is 15.4. The summed E-state index contributed by atoms with van der Waals surface area (Å²) < 4.78 is 7.67. The van der Waals surface area contributed by atoms with Crippen LogP contribution in [0.2, 0.25) is 0 Å². The third-order valence-electron chi connectivity index (χ3n) is 4.29. The second kappa shape index (κ2) is 8.92. The summed E-state index contributed by atoms with van der Waals surface area (Å²) >= 11 is 9.59. The Labute approximate surface area is 200 Å². The van der Waals surface area contributed by atoms with E-state index in [0.29, 0.717) is 22.1 Å². The first kappa shape index (κ1) is 21.9. The molecule has 0 saturated carbocycles. The molecule has 1 amide bonds. The van der Waals surface area contributed by atoms with E-state index in [1.54, 1.807) is 37.2 Å². The van der Waals surface area contributed by atoms with Gasteiger partial charge in [0.1, 0.15) is 18.1 Å². The molecule has 2 aromatic rings. The van der Waals surface area contributed by atoms with Gasteiger partial charge < -0.3 is 9.64 Å². The number of ether oxygens (including phenoxy) is 1. The number of carbonyl (C=O) groups excluding carboxylic acids is 1. The van der Waals surface area contributed by atoms with E-state index in [9.17, 15) is 14.9 Å². The van der Waals surface area contributed by atoms with Crippen molar-refractivity contribution in [2.75, 3.05) is 14.1 Å². The van der Waals surface area contributed by atoms with E-state index in [0.717, 1.165) is 12.7 Å². The molecular weight excluding hydrogens is 620 g/mol. The van der Waals surface area contributed by atoms with Crippen LogP contribution in [0.25, 0.3) is 6.08 Å². The van der Waals surface area contributed by atoms with E-state index in [2.05, 4.69) is 45.2 Å². The lowest BCUT2D eigenvalue weighted by atomic mass is 10.1. The highest BCUT2D eigenvalue weighted by Crippen LogP contribution is 2.31. The third kappa shape index (κ3) is 4.69. The van der Waals surface area contributed by atoms with E-state index in [1.165, 1.54) is 17.0 Å². The van der Waals surface area contributed by atoms with Crippen molar-refractivity contribution in [3.05, 3.63) is 70.5 Å². The van der Waals surface area contributed by atoms with Gasteiger partial charge in [-0.15, -0.1) is 0 Å². The smallest absolute Gasteiger partial charge is 0.276 e. The first-order chi connectivity index (χ1) is 13.7. The average molecular weight is 635 g/mol. The summed E-state index contributed by atoms with van der Waals surface area (Å²) in [5.41, 5.74) is 2.11. The fourth-order valence-electron chi connectivity index (χ4n) is 2.76. The zero-order valence-electron chi connectivity index (χ0n) is 15.4. The van der Waals surface area contributed by atoms with E-state index >= 15 is 0 Å². The largest absolute Gasteiger partial charge is 0.487 e. The van der Waals surface area contributed by atoms with Crippen LogP contribution in [0.15, 0.2) is 42.1 Å². The number of likely N-dealkylation sites (N-methyl/N-ethyl adjacent to an activating group) is 2. The summed E-state index contributed by atoms with van der Waals surface area (Å²) in [6.07, 6.45) is 1.80. The molecule has 1 aliphatic rings. The zero-order chi connectivity index (χ0) is 21.3. The SMILES string of the molecule is CN1C(=O)/C(=C/c2cc(I)c(OCc3cccc([N+](=O)[O-])c3)c(I)c2)N(C)C1=S. The highest BCUT2D eigenvalue weighted by atomic mass is 127. The van der Waals surface area contributed by atoms with E-state index in [1.807, 2.05) is 12.1 Å². The molecule has 7 nitrogen and oxygen atoms in total. The molecule has 0 spiro atoms. The maximum absolute atomic E-state index is 12.4. The quantitative estimate of drug-likeness (QED) is 0.160. The molecule has 0 aromatic heterocycles. The first-order valence-electron chi connectivity index (χ1n) is 8.31. The van der Waals surface area contributed by atoms with E-state index in [-0.39, 0.29) is 18.2 Å². The highest BCUT2D eigenvalue weighted by Gasteiger charge is 2.32. The van der Waals surface area contributed by atoms with E-state index in [4.69, 9.17) is 17.0 Å². The zero-order valence-corrected chi connectivity index (χ0v) is 20.5. The third-order valence-corrected chi connectivity index (χ3v) is 6.44. The van der Waals surface area contributed by atoms with Crippen LogP contribution < -0.4 is 4.74 Å². The lowest BCUT2D eigenvalue weighted by Gasteiger charge is -2.13. The van der Waals surface area contributed by atoms with Crippen LogP contribution in [0.1, 0.15) is 11.1 Å². The molecule has 0 radical (unpaired) electrons. The van der Waals surface area contributed by atoms with Crippen LogP contribution in [0, 0.1) is 17.3 Å². The molecule has 1 heterocycles. The monoisotopic (exact) mass is 635 g/mol. The fourth-order valence-corrected chi connectivity index (χ4v) is 5.07. The minimum absolute atomic E-state index is 0.0331. The number of hydrogen-bond acceptors (Lipinski definition) is 5. The molecule has 0 aliphatic carbocycles. The van der Waals surface area contributed by atoms with Crippen LogP contribution in [-0.2, 0) is 11.4 Å². The molecule has 29 heavy (non-hydrogen) atoms. The Bertz CT molecular complexity index is 1030. The molecule has 0 bridgehead atoms. The number of non-ortho nitro benzene ring substituents is 1. The van der Waals surface area contributed by atoms with Crippen molar-refractivity contribution in [3.63, 3.8) is 0 Å². The number of hydrogen-bond donors (Lipinski definition) is 0. The maximum Gasteiger partial charge on any atom is 0.276 e. The molecule has 2 aromatic carbocycles. The van der Waals surface area contributed by atoms with E-state index < -0.39 is 4.92 Å². The molecule has 3 rings (SSSR count). The lowest BCUT2D eigenvalue weighted by molar-refractivity contribution is -0.384. The summed E-state index contributed by atoms with van der Waals surface area (Å²) in [4.78, 5) is 26.0. The molecule has 10 heteroatoms. The number of thiocarbonyl (C=S) groups is 1. The summed E-state index contributed by atoms with van der Waals surface area (Å²) in [5.74, 6) is 0.548. The molecular formula is C19H15I2N3O4S. The van der Waals surface area contributed by atoms with Crippen molar-refractivity contribution in [1.82, 2.24) is 9.80 Å². The van der Waals surface area contributed by atoms with Gasteiger partial charge in [0.05, 0.1) is 12.1 Å². The Balaban J connectivity index is 1.82. The molecule has 1 aliphatic heterocycles. The Hall–Kier alpha value is -1.80. The molecule has 0 unspecified atom stereocenters. The Morgan fingerprint density at radius 1 is 1.17 bits per heavy atom. The number of nitro groups is 1. The predicted octanol–water partition coefficient (Wildman–Crippen LogP) is 4.41. The van der Waals surface area contributed by atoms with Crippen LogP contribution in [0.4, 0.5) is 5.69 Å². The van der Waals surface area contributed by atoms with Gasteiger partial charge in [-0.2, -0.15) is 0 Å². The van der Waals surface area contributed by atoms with Crippen molar-refractivity contribution >= 4 is 80.2 Å². The van der Waals surface area contributed by atoms with Crippen LogP contribution in [0.3, 0.4) is 0 Å². The van der Waals surface area contributed by atoms with Gasteiger partial charge in [-0.3, -0.25) is 19.8 Å². The predicted molar refractivity (Wildman–Crippen MR) is 130 cm³/mol. The number of amides is 1. The Morgan fingerprint density at radius 2 is 1.83 bits per heavy atom. The Kier molecular flexibility index (Phi) is 6.73. The van der Waals surface area contributed by atoms with Crippen molar-refractivity contribution < 1.29 is 14.5 Å². The fraction of sp³-hybridized carbons (Fsp3) is 0.158. The number of nitrogens with zero attached hydrogens (tertiary/aromatic N) is 3. The molecule has 0 N–H and O–H groups in total. The standard InChI is InChI=1S/C19H15I2N3O4S/c1-22-16(18(25)23(2)19(22)29)9-12-7-14(20)17(15(21)8-12)28-10-11-4-3-5-13(6-11)24(26)27/h3-9H,10H2,1-2H3/b16-9-. The van der Waals surface area contributed by atoms with Crippen LogP contribution in [-0.4, -0.2) is 39.8 Å². The van der Waals surface area contributed by atoms with Crippen molar-refractivity contribution in [3.8, 4) is 5.75 Å². The van der Waals surface area contributed by atoms with Gasteiger partial charge in [0.2, 0.25) is 0 Å². The highest BCUT2D eigenvalue weighted by molar-refractivity contribution is 14.1. The number of benzene rings is 2. The number of carbonyl (C=O) groups is 1. The Morgan fingerprint density at radius 3 is 2.38 bits per heavy atom. The summed E-state index contributed by atoms with van der Waals surface area (Å²) in [5, 5.41) is 11.4.